The van der Waals surface area contributed by atoms with E-state index in [9.17, 15) is 21.2 Å². The van der Waals surface area contributed by atoms with Gasteiger partial charge in [-0.1, -0.05) is 0 Å². The summed E-state index contributed by atoms with van der Waals surface area (Å²) >= 11 is 0. The van der Waals surface area contributed by atoms with Crippen LogP contribution in [-0.2, 0) is 20.0 Å². The summed E-state index contributed by atoms with van der Waals surface area (Å²) in [5.74, 6) is -0.943. The van der Waals surface area contributed by atoms with Crippen LogP contribution in [0.3, 0.4) is 0 Å². The molecule has 0 bridgehead atoms. The minimum Gasteiger partial charge on any atom is -0.315 e. The molecule has 1 saturated heterocycles. The number of rotatable bonds is 6. The van der Waals surface area contributed by atoms with Crippen LogP contribution in [0.15, 0.2) is 23.1 Å². The van der Waals surface area contributed by atoms with Gasteiger partial charge in [0.05, 0.1) is 15.8 Å². The second kappa shape index (κ2) is 7.96. The Morgan fingerprint density at radius 2 is 1.92 bits per heavy atom. The van der Waals surface area contributed by atoms with Crippen LogP contribution in [0.2, 0.25) is 0 Å². The fourth-order valence-corrected chi connectivity index (χ4v) is 4.05. The van der Waals surface area contributed by atoms with Gasteiger partial charge < -0.3 is 5.32 Å². The molecule has 11 heteroatoms. The van der Waals surface area contributed by atoms with Gasteiger partial charge in [0.2, 0.25) is 20.0 Å². The number of benzene rings is 1. The molecule has 1 heterocycles. The van der Waals surface area contributed by atoms with E-state index < -0.39 is 31.1 Å². The van der Waals surface area contributed by atoms with E-state index in [0.29, 0.717) is 13.0 Å². The fourth-order valence-electron chi connectivity index (χ4n) is 2.06. The van der Waals surface area contributed by atoms with Crippen molar-refractivity contribution in [3.05, 3.63) is 24.0 Å². The highest BCUT2D eigenvalue weighted by Crippen LogP contribution is 2.21. The third-order valence-corrected chi connectivity index (χ3v) is 6.77. The summed E-state index contributed by atoms with van der Waals surface area (Å²) in [5.41, 5.74) is -0.278. The lowest BCUT2D eigenvalue weighted by molar-refractivity contribution is 0.558. The first-order valence-electron chi connectivity index (χ1n) is 7.16. The molecule has 0 amide bonds. The molecule has 1 unspecified atom stereocenters. The molecular formula is C13H21ClFN3O4S2. The zero-order chi connectivity index (χ0) is 17.3. The lowest BCUT2D eigenvalue weighted by atomic mass is 10.3. The van der Waals surface area contributed by atoms with Crippen molar-refractivity contribution >= 4 is 38.1 Å². The maximum absolute atomic E-state index is 14.1. The molecule has 0 aromatic heterocycles. The molecule has 1 aliphatic rings. The molecule has 1 atom stereocenters. The Hall–Kier alpha value is -0.940. The quantitative estimate of drug-likeness (QED) is 0.660. The Morgan fingerprint density at radius 1 is 1.25 bits per heavy atom. The number of hydrogen-bond acceptors (Lipinski definition) is 5. The number of hydrogen-bond donors (Lipinski definition) is 3. The smallest absolute Gasteiger partial charge is 0.240 e. The molecule has 0 radical (unpaired) electrons. The Bertz CT molecular complexity index is 778. The molecule has 3 N–H and O–H groups in total. The predicted molar refractivity (Wildman–Crippen MR) is 92.9 cm³/mol. The van der Waals surface area contributed by atoms with Crippen molar-refractivity contribution in [2.45, 2.75) is 36.5 Å². The van der Waals surface area contributed by atoms with Gasteiger partial charge in [-0.05, 0) is 45.0 Å². The minimum atomic E-state index is -3.85. The minimum absolute atomic E-state index is 0. The molecule has 2 rings (SSSR count). The molecule has 1 aliphatic heterocycles. The molecule has 1 aromatic rings. The average molecular weight is 402 g/mol. The van der Waals surface area contributed by atoms with E-state index in [-0.39, 0.29) is 29.0 Å². The van der Waals surface area contributed by atoms with E-state index in [1.165, 1.54) is 19.9 Å². The standard InChI is InChI=1S/C13H20FN3O4S2.ClH/c1-9(2)22(18,19)17-13-4-3-11(7-12(13)14)23(20,21)16-10-5-6-15-8-10;/h3-4,7,9-10,15-17H,5-6,8H2,1-2H3;1H. The third-order valence-electron chi connectivity index (χ3n) is 3.51. The van der Waals surface area contributed by atoms with Crippen molar-refractivity contribution in [1.29, 1.82) is 0 Å². The SMILES string of the molecule is CC(C)S(=O)(=O)Nc1ccc(S(=O)(=O)NC2CCNC2)cc1F.Cl. The summed E-state index contributed by atoms with van der Waals surface area (Å²) in [6.45, 7) is 4.16. The van der Waals surface area contributed by atoms with Crippen molar-refractivity contribution < 1.29 is 21.2 Å². The molecule has 7 nitrogen and oxygen atoms in total. The summed E-state index contributed by atoms with van der Waals surface area (Å²) in [7, 11) is -7.55. The van der Waals surface area contributed by atoms with Crippen molar-refractivity contribution in [3.63, 3.8) is 0 Å². The summed E-state index contributed by atoms with van der Waals surface area (Å²) in [5, 5.41) is 2.29. The normalized spacial score (nSPS) is 18.4. The van der Waals surface area contributed by atoms with E-state index in [1.54, 1.807) is 0 Å². The lowest BCUT2D eigenvalue weighted by Crippen LogP contribution is -2.36. The monoisotopic (exact) mass is 401 g/mol. The first-order valence-corrected chi connectivity index (χ1v) is 10.2. The maximum atomic E-state index is 14.1. The van der Waals surface area contributed by atoms with Crippen LogP contribution in [-0.4, -0.2) is 41.2 Å². The zero-order valence-corrected chi connectivity index (χ0v) is 15.7. The Balaban J connectivity index is 0.00000288. The first kappa shape index (κ1) is 21.1. The van der Waals surface area contributed by atoms with Crippen LogP contribution in [0.1, 0.15) is 20.3 Å². The number of sulfonamides is 2. The van der Waals surface area contributed by atoms with Crippen LogP contribution < -0.4 is 14.8 Å². The fraction of sp³-hybridized carbons (Fsp3) is 0.538. The van der Waals surface area contributed by atoms with Crippen LogP contribution in [0.25, 0.3) is 0 Å². The van der Waals surface area contributed by atoms with Gasteiger partial charge in [0.1, 0.15) is 5.82 Å². The molecule has 0 spiro atoms. The molecule has 0 aliphatic carbocycles. The first-order chi connectivity index (χ1) is 10.6. The van der Waals surface area contributed by atoms with Gasteiger partial charge in [-0.2, -0.15) is 0 Å². The molecule has 138 valence electrons. The van der Waals surface area contributed by atoms with Gasteiger partial charge in [-0.15, -0.1) is 12.4 Å². The van der Waals surface area contributed by atoms with Crippen molar-refractivity contribution in [1.82, 2.24) is 10.0 Å². The van der Waals surface area contributed by atoms with Gasteiger partial charge in [0.15, 0.2) is 0 Å². The number of nitrogens with one attached hydrogen (secondary N) is 3. The Morgan fingerprint density at radius 3 is 2.42 bits per heavy atom. The van der Waals surface area contributed by atoms with Gasteiger partial charge in [-0.25, -0.2) is 25.9 Å². The van der Waals surface area contributed by atoms with Gasteiger partial charge in [0.25, 0.3) is 0 Å². The average Bonchev–Trinajstić information content (AvgIpc) is 2.92. The van der Waals surface area contributed by atoms with E-state index in [4.69, 9.17) is 0 Å². The number of anilines is 1. The second-order valence-electron chi connectivity index (χ2n) is 5.65. The van der Waals surface area contributed by atoms with Crippen molar-refractivity contribution in [2.75, 3.05) is 17.8 Å². The van der Waals surface area contributed by atoms with Crippen LogP contribution in [0, 0.1) is 5.82 Å². The maximum Gasteiger partial charge on any atom is 0.240 e. The van der Waals surface area contributed by atoms with Gasteiger partial charge >= 0.3 is 0 Å². The second-order valence-corrected chi connectivity index (χ2v) is 9.60. The molecule has 1 aromatic carbocycles. The summed E-state index contributed by atoms with van der Waals surface area (Å²) in [6.07, 6.45) is 0.661. The van der Waals surface area contributed by atoms with Crippen LogP contribution in [0.4, 0.5) is 10.1 Å². The molecular weight excluding hydrogens is 381 g/mol. The van der Waals surface area contributed by atoms with E-state index >= 15 is 0 Å². The van der Waals surface area contributed by atoms with E-state index in [0.717, 1.165) is 18.7 Å². The van der Waals surface area contributed by atoms with Gasteiger partial charge in [0, 0.05) is 12.6 Å². The number of halogens is 2. The van der Waals surface area contributed by atoms with Gasteiger partial charge in [-0.3, -0.25) is 4.72 Å². The predicted octanol–water partition coefficient (Wildman–Crippen LogP) is 1.04. The topological polar surface area (TPSA) is 104 Å². The highest BCUT2D eigenvalue weighted by molar-refractivity contribution is 7.93. The summed E-state index contributed by atoms with van der Waals surface area (Å²) < 4.78 is 66.6. The third kappa shape index (κ3) is 5.03. The highest BCUT2D eigenvalue weighted by atomic mass is 35.5. The summed E-state index contributed by atoms with van der Waals surface area (Å²) in [6, 6.07) is 2.85. The Labute approximate surface area is 147 Å². The summed E-state index contributed by atoms with van der Waals surface area (Å²) in [4.78, 5) is -0.241. The van der Waals surface area contributed by atoms with Crippen molar-refractivity contribution in [2.24, 2.45) is 0 Å². The van der Waals surface area contributed by atoms with Crippen LogP contribution >= 0.6 is 12.4 Å². The van der Waals surface area contributed by atoms with E-state index in [2.05, 4.69) is 14.8 Å². The molecule has 0 saturated carbocycles. The molecule has 24 heavy (non-hydrogen) atoms. The largest absolute Gasteiger partial charge is 0.315 e. The zero-order valence-electron chi connectivity index (χ0n) is 13.2. The lowest BCUT2D eigenvalue weighted by Gasteiger charge is -2.14. The Kier molecular flexibility index (Phi) is 7.00. The van der Waals surface area contributed by atoms with Crippen molar-refractivity contribution in [3.8, 4) is 0 Å². The highest BCUT2D eigenvalue weighted by Gasteiger charge is 2.24. The molecule has 1 fully saturated rings. The van der Waals surface area contributed by atoms with Crippen LogP contribution in [0.5, 0.6) is 0 Å². The van der Waals surface area contributed by atoms with E-state index in [1.807, 2.05) is 0 Å².